The maximum atomic E-state index is 11.0. The number of sulfonamides is 2. The smallest absolute Gasteiger partial charge is 0.224 e. The molecule has 1 unspecified atom stereocenters. The summed E-state index contributed by atoms with van der Waals surface area (Å²) in [4.78, 5) is 0.592. The third kappa shape index (κ3) is 3.83. The van der Waals surface area contributed by atoms with Gasteiger partial charge in [-0.2, -0.15) is 0 Å². The summed E-state index contributed by atoms with van der Waals surface area (Å²) >= 11 is 0.949. The largest absolute Gasteiger partial charge is 0.247 e. The molecule has 1 heterocycles. The number of primary sulfonamides is 1. The minimum absolute atomic E-state index is 0.0182. The van der Waals surface area contributed by atoms with Crippen molar-refractivity contribution >= 4 is 31.4 Å². The van der Waals surface area contributed by atoms with Gasteiger partial charge in [0.05, 0.1) is 12.3 Å². The van der Waals surface area contributed by atoms with Crippen molar-refractivity contribution in [3.63, 3.8) is 0 Å². The molecule has 16 heavy (non-hydrogen) atoms. The molecule has 9 heteroatoms. The lowest BCUT2D eigenvalue weighted by Crippen LogP contribution is -2.24. The molecule has 1 rings (SSSR count). The number of rotatable bonds is 4. The molecule has 0 spiro atoms. The Kier molecular flexibility index (Phi) is 3.75. The Bertz CT molecular complexity index is 573. The topological polar surface area (TPSA) is 106 Å². The van der Waals surface area contributed by atoms with E-state index in [4.69, 9.17) is 5.14 Å². The van der Waals surface area contributed by atoms with Crippen molar-refractivity contribution in [3.05, 3.63) is 17.0 Å². The van der Waals surface area contributed by atoms with E-state index in [-0.39, 0.29) is 4.21 Å². The second-order valence-electron chi connectivity index (χ2n) is 3.31. The van der Waals surface area contributed by atoms with Crippen LogP contribution in [0.5, 0.6) is 0 Å². The molecule has 0 saturated carbocycles. The van der Waals surface area contributed by atoms with Crippen molar-refractivity contribution in [2.75, 3.05) is 6.26 Å². The summed E-state index contributed by atoms with van der Waals surface area (Å²) in [6.45, 7) is 1.62. The number of hydrogen-bond acceptors (Lipinski definition) is 5. The van der Waals surface area contributed by atoms with Gasteiger partial charge in [0.1, 0.15) is 4.21 Å². The highest BCUT2D eigenvalue weighted by atomic mass is 32.2. The lowest BCUT2D eigenvalue weighted by molar-refractivity contribution is 0.574. The normalized spacial score (nSPS) is 14.9. The van der Waals surface area contributed by atoms with Crippen LogP contribution in [-0.2, 0) is 20.0 Å². The molecule has 1 aromatic heterocycles. The van der Waals surface area contributed by atoms with Gasteiger partial charge in [-0.3, -0.25) is 0 Å². The van der Waals surface area contributed by atoms with E-state index in [2.05, 4.69) is 4.72 Å². The monoisotopic (exact) mass is 284 g/mol. The van der Waals surface area contributed by atoms with Crippen molar-refractivity contribution in [2.24, 2.45) is 5.14 Å². The molecule has 1 atom stereocenters. The fraction of sp³-hybridized carbons (Fsp3) is 0.429. The summed E-state index contributed by atoms with van der Waals surface area (Å²) in [5.41, 5.74) is 0. The van der Waals surface area contributed by atoms with Crippen LogP contribution < -0.4 is 9.86 Å². The number of hydrogen-bond donors (Lipinski definition) is 2. The summed E-state index contributed by atoms with van der Waals surface area (Å²) in [5.74, 6) is 0. The van der Waals surface area contributed by atoms with Crippen molar-refractivity contribution in [1.82, 2.24) is 4.72 Å². The molecular weight excluding hydrogens is 272 g/mol. The van der Waals surface area contributed by atoms with Crippen LogP contribution in [0.4, 0.5) is 0 Å². The molecule has 0 aliphatic carbocycles. The highest BCUT2D eigenvalue weighted by Crippen LogP contribution is 2.25. The van der Waals surface area contributed by atoms with Crippen LogP contribution >= 0.6 is 11.3 Å². The second-order valence-corrected chi connectivity index (χ2v) is 8.00. The van der Waals surface area contributed by atoms with Crippen LogP contribution in [-0.4, -0.2) is 23.1 Å². The highest BCUT2D eigenvalue weighted by Gasteiger charge is 2.16. The molecule has 0 aromatic carbocycles. The summed E-state index contributed by atoms with van der Waals surface area (Å²) in [7, 11) is -7.04. The minimum atomic E-state index is -3.72. The van der Waals surface area contributed by atoms with Crippen molar-refractivity contribution in [2.45, 2.75) is 17.2 Å². The Balaban J connectivity index is 2.95. The molecule has 1 aromatic rings. The van der Waals surface area contributed by atoms with E-state index < -0.39 is 26.1 Å². The summed E-state index contributed by atoms with van der Waals surface area (Å²) in [5, 5.41) is 4.94. The average molecular weight is 284 g/mol. The quantitative estimate of drug-likeness (QED) is 0.812. The van der Waals surface area contributed by atoms with E-state index in [1.165, 1.54) is 12.1 Å². The predicted octanol–water partition coefficient (Wildman–Crippen LogP) is 0.00570. The maximum Gasteiger partial charge on any atom is 0.247 e. The van der Waals surface area contributed by atoms with E-state index >= 15 is 0 Å². The summed E-state index contributed by atoms with van der Waals surface area (Å²) < 4.78 is 46.3. The standard InChI is InChI=1S/C7H12N2O4S3/c1-5(9-15(2,10)11)6-3-4-7(14-6)16(8,12)13/h3-5,9H,1-2H3,(H2,8,12,13). The van der Waals surface area contributed by atoms with Crippen LogP contribution in [0.15, 0.2) is 16.3 Å². The van der Waals surface area contributed by atoms with Crippen molar-refractivity contribution < 1.29 is 16.8 Å². The third-order valence-corrected chi connectivity index (χ3v) is 5.19. The van der Waals surface area contributed by atoms with Gasteiger partial charge in [0.25, 0.3) is 0 Å². The Morgan fingerprint density at radius 3 is 2.25 bits per heavy atom. The van der Waals surface area contributed by atoms with Gasteiger partial charge in [0.15, 0.2) is 0 Å². The molecule has 0 amide bonds. The first-order chi connectivity index (χ1) is 7.09. The zero-order chi connectivity index (χ0) is 12.6. The zero-order valence-corrected chi connectivity index (χ0v) is 11.1. The van der Waals surface area contributed by atoms with Crippen LogP contribution in [0.25, 0.3) is 0 Å². The first-order valence-corrected chi connectivity index (χ1v) is 8.45. The van der Waals surface area contributed by atoms with Gasteiger partial charge >= 0.3 is 0 Å². The number of thiophene rings is 1. The average Bonchev–Trinajstić information content (AvgIpc) is 2.46. The van der Waals surface area contributed by atoms with Crippen molar-refractivity contribution in [3.8, 4) is 0 Å². The molecule has 0 bridgehead atoms. The lowest BCUT2D eigenvalue weighted by Gasteiger charge is -2.09. The van der Waals surface area contributed by atoms with Crippen LogP contribution in [0.3, 0.4) is 0 Å². The third-order valence-electron chi connectivity index (χ3n) is 1.70. The van der Waals surface area contributed by atoms with Gasteiger partial charge < -0.3 is 0 Å². The Hall–Kier alpha value is -0.480. The van der Waals surface area contributed by atoms with Crippen LogP contribution in [0.2, 0.25) is 0 Å². The van der Waals surface area contributed by atoms with E-state index in [0.29, 0.717) is 4.88 Å². The SMILES string of the molecule is CC(NS(C)(=O)=O)c1ccc(S(N)(=O)=O)s1. The van der Waals surface area contributed by atoms with E-state index in [1.54, 1.807) is 6.92 Å². The van der Waals surface area contributed by atoms with E-state index in [9.17, 15) is 16.8 Å². The molecule has 0 aliphatic heterocycles. The van der Waals surface area contributed by atoms with Gasteiger partial charge in [-0.25, -0.2) is 26.7 Å². The molecule has 0 saturated heterocycles. The molecule has 6 nitrogen and oxygen atoms in total. The van der Waals surface area contributed by atoms with E-state index in [1.807, 2.05) is 0 Å². The fourth-order valence-electron chi connectivity index (χ4n) is 1.10. The van der Waals surface area contributed by atoms with Crippen LogP contribution in [0, 0.1) is 0 Å². The molecular formula is C7H12N2O4S3. The molecule has 0 aliphatic rings. The highest BCUT2D eigenvalue weighted by molar-refractivity contribution is 7.91. The fourth-order valence-corrected chi connectivity index (χ4v) is 3.69. The first kappa shape index (κ1) is 13.6. The summed E-state index contributed by atoms with van der Waals surface area (Å²) in [6, 6.07) is 2.42. The van der Waals surface area contributed by atoms with Crippen LogP contribution in [0.1, 0.15) is 17.8 Å². The van der Waals surface area contributed by atoms with Gasteiger partial charge in [0.2, 0.25) is 20.0 Å². The zero-order valence-electron chi connectivity index (χ0n) is 8.67. The van der Waals surface area contributed by atoms with Gasteiger partial charge in [-0.05, 0) is 19.1 Å². The number of nitrogens with two attached hydrogens (primary N) is 1. The Morgan fingerprint density at radius 2 is 1.88 bits per heavy atom. The van der Waals surface area contributed by atoms with Crippen molar-refractivity contribution in [1.29, 1.82) is 0 Å². The van der Waals surface area contributed by atoms with E-state index in [0.717, 1.165) is 17.6 Å². The molecule has 0 radical (unpaired) electrons. The molecule has 0 fully saturated rings. The maximum absolute atomic E-state index is 11.0. The first-order valence-electron chi connectivity index (χ1n) is 4.19. The Labute approximate surface area is 98.6 Å². The minimum Gasteiger partial charge on any atom is -0.224 e. The molecule has 92 valence electrons. The van der Waals surface area contributed by atoms with Gasteiger partial charge in [0, 0.05) is 4.88 Å². The molecule has 3 N–H and O–H groups in total. The predicted molar refractivity (Wildman–Crippen MR) is 62.1 cm³/mol. The lowest BCUT2D eigenvalue weighted by atomic mass is 10.3. The summed E-state index contributed by atoms with van der Waals surface area (Å²) in [6.07, 6.45) is 1.04. The second kappa shape index (κ2) is 4.41. The Morgan fingerprint density at radius 1 is 1.31 bits per heavy atom. The van der Waals surface area contributed by atoms with Gasteiger partial charge in [-0.1, -0.05) is 0 Å². The number of nitrogens with one attached hydrogen (secondary N) is 1. The van der Waals surface area contributed by atoms with Gasteiger partial charge in [-0.15, -0.1) is 11.3 Å².